The SMILES string of the molecule is CC1(C)CC(C(=O)C2CC(C)(C)NC(C)(C)C2)CC(C)(C)N1. The lowest BCUT2D eigenvalue weighted by molar-refractivity contribution is -0.132. The molecule has 0 spiro atoms. The zero-order chi connectivity index (χ0) is 17.0. The third-order valence-electron chi connectivity index (χ3n) is 5.19. The van der Waals surface area contributed by atoms with Crippen LogP contribution < -0.4 is 10.6 Å². The molecule has 2 aliphatic heterocycles. The van der Waals surface area contributed by atoms with Crippen LogP contribution in [0.4, 0.5) is 0 Å². The van der Waals surface area contributed by atoms with E-state index in [1.54, 1.807) is 0 Å². The maximum Gasteiger partial charge on any atom is 0.139 e. The fourth-order valence-electron chi connectivity index (χ4n) is 5.38. The smallest absolute Gasteiger partial charge is 0.139 e. The van der Waals surface area contributed by atoms with Gasteiger partial charge in [-0.3, -0.25) is 4.79 Å². The van der Waals surface area contributed by atoms with Gasteiger partial charge in [0.15, 0.2) is 0 Å². The Morgan fingerprint density at radius 2 is 0.864 bits per heavy atom. The first-order valence-electron chi connectivity index (χ1n) is 8.83. The van der Waals surface area contributed by atoms with Crippen molar-refractivity contribution in [2.75, 3.05) is 0 Å². The van der Waals surface area contributed by atoms with Gasteiger partial charge >= 0.3 is 0 Å². The van der Waals surface area contributed by atoms with Gasteiger partial charge in [-0.1, -0.05) is 0 Å². The maximum atomic E-state index is 13.2. The predicted octanol–water partition coefficient (Wildman–Crippen LogP) is 3.67. The Morgan fingerprint density at radius 3 is 1.09 bits per heavy atom. The van der Waals surface area contributed by atoms with Gasteiger partial charge in [0.2, 0.25) is 0 Å². The van der Waals surface area contributed by atoms with Crippen LogP contribution in [0, 0.1) is 11.8 Å². The zero-order valence-electron chi connectivity index (χ0n) is 15.9. The minimum absolute atomic E-state index is 0.0417. The molecule has 22 heavy (non-hydrogen) atoms. The van der Waals surface area contributed by atoms with E-state index in [2.05, 4.69) is 66.0 Å². The molecule has 3 nitrogen and oxygen atoms in total. The van der Waals surface area contributed by atoms with Crippen molar-refractivity contribution in [3.8, 4) is 0 Å². The van der Waals surface area contributed by atoms with Gasteiger partial charge in [0.25, 0.3) is 0 Å². The van der Waals surface area contributed by atoms with Crippen LogP contribution >= 0.6 is 0 Å². The molecule has 2 aliphatic rings. The highest BCUT2D eigenvalue weighted by atomic mass is 16.1. The van der Waals surface area contributed by atoms with Crippen LogP contribution in [0.5, 0.6) is 0 Å². The number of ketones is 1. The largest absolute Gasteiger partial charge is 0.307 e. The molecule has 0 saturated carbocycles. The van der Waals surface area contributed by atoms with Crippen LogP contribution in [0.25, 0.3) is 0 Å². The van der Waals surface area contributed by atoms with Crippen molar-refractivity contribution in [3.63, 3.8) is 0 Å². The molecule has 0 aromatic rings. The molecule has 3 heteroatoms. The molecule has 2 rings (SSSR count). The summed E-state index contributed by atoms with van der Waals surface area (Å²) in [7, 11) is 0. The number of hydrogen-bond donors (Lipinski definition) is 2. The van der Waals surface area contributed by atoms with E-state index in [0.717, 1.165) is 25.7 Å². The van der Waals surface area contributed by atoms with E-state index in [1.807, 2.05) is 0 Å². The van der Waals surface area contributed by atoms with Gasteiger partial charge in [-0.2, -0.15) is 0 Å². The lowest BCUT2D eigenvalue weighted by Gasteiger charge is -2.49. The Kier molecular flexibility index (Phi) is 4.33. The zero-order valence-corrected chi connectivity index (χ0v) is 15.9. The molecule has 2 fully saturated rings. The Morgan fingerprint density at radius 1 is 0.636 bits per heavy atom. The second-order valence-corrected chi connectivity index (χ2v) is 10.4. The first-order valence-corrected chi connectivity index (χ1v) is 8.83. The van der Waals surface area contributed by atoms with Crippen molar-refractivity contribution in [1.29, 1.82) is 0 Å². The molecule has 0 atom stereocenters. The predicted molar refractivity (Wildman–Crippen MR) is 93.0 cm³/mol. The molecule has 0 bridgehead atoms. The van der Waals surface area contributed by atoms with Crippen molar-refractivity contribution >= 4 is 5.78 Å². The minimum Gasteiger partial charge on any atom is -0.307 e. The molecule has 2 N–H and O–H groups in total. The number of carbonyl (C=O) groups excluding carboxylic acids is 1. The van der Waals surface area contributed by atoms with Crippen molar-refractivity contribution in [3.05, 3.63) is 0 Å². The molecule has 2 saturated heterocycles. The van der Waals surface area contributed by atoms with Gasteiger partial charge < -0.3 is 10.6 Å². The van der Waals surface area contributed by atoms with Gasteiger partial charge in [0.1, 0.15) is 5.78 Å². The minimum atomic E-state index is 0.0417. The fraction of sp³-hybridized carbons (Fsp3) is 0.947. The normalized spacial score (nSPS) is 30.9. The second kappa shape index (κ2) is 5.31. The van der Waals surface area contributed by atoms with Gasteiger partial charge in [0, 0.05) is 34.0 Å². The molecule has 0 radical (unpaired) electrons. The van der Waals surface area contributed by atoms with Crippen LogP contribution in [0.15, 0.2) is 0 Å². The van der Waals surface area contributed by atoms with E-state index in [9.17, 15) is 4.79 Å². The lowest BCUT2D eigenvalue weighted by Crippen LogP contribution is -2.61. The first-order chi connectivity index (χ1) is 9.71. The highest BCUT2D eigenvalue weighted by Crippen LogP contribution is 2.39. The highest BCUT2D eigenvalue weighted by molar-refractivity contribution is 5.84. The molecule has 0 aliphatic carbocycles. The number of piperidine rings is 2. The number of Topliss-reactive ketones (excluding diaryl/α,β-unsaturated/α-hetero) is 1. The Hall–Kier alpha value is -0.410. The molecule has 0 aromatic carbocycles. The van der Waals surface area contributed by atoms with Gasteiger partial charge in [0.05, 0.1) is 0 Å². The average Bonchev–Trinajstić information content (AvgIpc) is 2.18. The van der Waals surface area contributed by atoms with E-state index in [4.69, 9.17) is 0 Å². The van der Waals surface area contributed by atoms with E-state index >= 15 is 0 Å². The number of rotatable bonds is 2. The van der Waals surface area contributed by atoms with Gasteiger partial charge in [-0.05, 0) is 81.1 Å². The summed E-state index contributed by atoms with van der Waals surface area (Å²) in [6, 6.07) is 0. The maximum absolute atomic E-state index is 13.2. The van der Waals surface area contributed by atoms with E-state index < -0.39 is 0 Å². The number of carbonyl (C=O) groups is 1. The number of nitrogens with one attached hydrogen (secondary N) is 2. The number of hydrogen-bond acceptors (Lipinski definition) is 3. The lowest BCUT2D eigenvalue weighted by atomic mass is 9.67. The second-order valence-electron chi connectivity index (χ2n) is 10.4. The highest BCUT2D eigenvalue weighted by Gasteiger charge is 2.46. The van der Waals surface area contributed by atoms with E-state index in [0.29, 0.717) is 5.78 Å². The average molecular weight is 309 g/mol. The summed E-state index contributed by atoms with van der Waals surface area (Å²) in [5.41, 5.74) is 0.167. The molecule has 2 heterocycles. The molecule has 128 valence electrons. The van der Waals surface area contributed by atoms with Crippen molar-refractivity contribution < 1.29 is 4.79 Å². The van der Waals surface area contributed by atoms with Crippen LogP contribution in [0.3, 0.4) is 0 Å². The van der Waals surface area contributed by atoms with Crippen LogP contribution in [-0.4, -0.2) is 27.9 Å². The van der Waals surface area contributed by atoms with Gasteiger partial charge in [-0.25, -0.2) is 0 Å². The summed E-state index contributed by atoms with van der Waals surface area (Å²) >= 11 is 0. The van der Waals surface area contributed by atoms with E-state index in [-0.39, 0.29) is 34.0 Å². The Labute approximate surface area is 137 Å². The molecular formula is C19H36N2O. The summed E-state index contributed by atoms with van der Waals surface area (Å²) in [4.78, 5) is 13.2. The summed E-state index contributed by atoms with van der Waals surface area (Å²) in [5.74, 6) is 0.896. The Balaban J connectivity index is 2.17. The van der Waals surface area contributed by atoms with Gasteiger partial charge in [-0.15, -0.1) is 0 Å². The summed E-state index contributed by atoms with van der Waals surface area (Å²) in [5, 5.41) is 7.38. The fourth-order valence-corrected chi connectivity index (χ4v) is 5.38. The quantitative estimate of drug-likeness (QED) is 0.818. The molecule has 0 unspecified atom stereocenters. The summed E-state index contributed by atoms with van der Waals surface area (Å²) < 4.78 is 0. The molecule has 0 amide bonds. The van der Waals surface area contributed by atoms with Crippen molar-refractivity contribution in [2.45, 2.75) is 103 Å². The summed E-state index contributed by atoms with van der Waals surface area (Å²) in [6.07, 6.45) is 3.83. The van der Waals surface area contributed by atoms with Crippen molar-refractivity contribution in [1.82, 2.24) is 10.6 Å². The van der Waals surface area contributed by atoms with Crippen LogP contribution in [0.2, 0.25) is 0 Å². The third kappa shape index (κ3) is 4.32. The van der Waals surface area contributed by atoms with E-state index in [1.165, 1.54) is 0 Å². The Bertz CT molecular complexity index is 376. The molecule has 0 aromatic heterocycles. The third-order valence-corrected chi connectivity index (χ3v) is 5.19. The van der Waals surface area contributed by atoms with Crippen LogP contribution in [0.1, 0.15) is 81.1 Å². The summed E-state index contributed by atoms with van der Waals surface area (Å²) in [6.45, 7) is 17.8. The standard InChI is InChI=1S/C19H36N2O/c1-16(2)9-13(10-17(3,4)20-16)15(22)14-11-18(5,6)21-19(7,8)12-14/h13-14,20-21H,9-12H2,1-8H3. The monoisotopic (exact) mass is 308 g/mol. The molecular weight excluding hydrogens is 272 g/mol. The topological polar surface area (TPSA) is 41.1 Å². The van der Waals surface area contributed by atoms with Crippen molar-refractivity contribution in [2.24, 2.45) is 11.8 Å². The first kappa shape index (κ1) is 17.9. The van der Waals surface area contributed by atoms with Crippen LogP contribution in [-0.2, 0) is 4.79 Å².